The predicted molar refractivity (Wildman–Crippen MR) is 76.2 cm³/mol. The van der Waals surface area contributed by atoms with Crippen molar-refractivity contribution in [3.63, 3.8) is 0 Å². The Balaban J connectivity index is 2.38. The molecule has 0 aliphatic carbocycles. The van der Waals surface area contributed by atoms with Gasteiger partial charge in [0.2, 0.25) is 0 Å². The summed E-state index contributed by atoms with van der Waals surface area (Å²) in [6.07, 6.45) is -0.921. The van der Waals surface area contributed by atoms with Gasteiger partial charge in [0.15, 0.2) is 0 Å². The molecule has 2 aromatic carbocycles. The Morgan fingerprint density at radius 3 is 2.58 bits per heavy atom. The molecule has 1 unspecified atom stereocenters. The van der Waals surface area contributed by atoms with E-state index < -0.39 is 11.9 Å². The van der Waals surface area contributed by atoms with Gasteiger partial charge >= 0.3 is 0 Å². The van der Waals surface area contributed by atoms with Gasteiger partial charge in [-0.3, -0.25) is 0 Å². The molecule has 100 valence electrons. The molecule has 0 spiro atoms. The van der Waals surface area contributed by atoms with Crippen LogP contribution in [-0.4, -0.2) is 12.2 Å². The first-order valence-corrected chi connectivity index (χ1v) is 6.66. The fourth-order valence-electron chi connectivity index (χ4n) is 1.76. The van der Waals surface area contributed by atoms with Crippen molar-refractivity contribution in [3.8, 4) is 5.75 Å². The quantitative estimate of drug-likeness (QED) is 0.897. The van der Waals surface area contributed by atoms with Crippen LogP contribution >= 0.6 is 27.5 Å². The van der Waals surface area contributed by atoms with Crippen LogP contribution in [0.5, 0.6) is 5.75 Å². The maximum absolute atomic E-state index is 13.0. The third kappa shape index (κ3) is 3.08. The van der Waals surface area contributed by atoms with Gasteiger partial charge in [0.25, 0.3) is 0 Å². The zero-order valence-electron chi connectivity index (χ0n) is 10.0. The second kappa shape index (κ2) is 5.90. The van der Waals surface area contributed by atoms with Crippen LogP contribution in [0.2, 0.25) is 5.02 Å². The molecule has 0 aliphatic rings. The second-order valence-electron chi connectivity index (χ2n) is 3.96. The molecule has 0 radical (unpaired) electrons. The summed E-state index contributed by atoms with van der Waals surface area (Å²) in [4.78, 5) is 0. The third-order valence-electron chi connectivity index (χ3n) is 2.75. The molecule has 2 rings (SSSR count). The lowest BCUT2D eigenvalue weighted by molar-refractivity contribution is 0.220. The molecule has 19 heavy (non-hydrogen) atoms. The van der Waals surface area contributed by atoms with E-state index in [1.165, 1.54) is 18.2 Å². The lowest BCUT2D eigenvalue weighted by atomic mass is 10.0. The van der Waals surface area contributed by atoms with Crippen LogP contribution in [0.3, 0.4) is 0 Å². The van der Waals surface area contributed by atoms with E-state index in [0.717, 1.165) is 4.47 Å². The van der Waals surface area contributed by atoms with Gasteiger partial charge in [-0.1, -0.05) is 23.7 Å². The maximum atomic E-state index is 13.0. The van der Waals surface area contributed by atoms with Gasteiger partial charge < -0.3 is 9.84 Å². The van der Waals surface area contributed by atoms with Gasteiger partial charge in [-0.05, 0) is 45.8 Å². The van der Waals surface area contributed by atoms with Gasteiger partial charge in [0, 0.05) is 10.6 Å². The normalized spacial score (nSPS) is 12.3. The molecule has 2 nitrogen and oxygen atoms in total. The van der Waals surface area contributed by atoms with Crippen molar-refractivity contribution in [1.29, 1.82) is 0 Å². The Hall–Kier alpha value is -1.10. The molecule has 0 heterocycles. The summed E-state index contributed by atoms with van der Waals surface area (Å²) in [5.41, 5.74) is 1.10. The lowest BCUT2D eigenvalue weighted by Crippen LogP contribution is -2.01. The molecule has 0 aromatic heterocycles. The van der Waals surface area contributed by atoms with Crippen LogP contribution in [-0.2, 0) is 0 Å². The van der Waals surface area contributed by atoms with Crippen LogP contribution in [0.15, 0.2) is 40.9 Å². The third-order valence-corrected chi connectivity index (χ3v) is 3.70. The number of methoxy groups -OCH3 is 1. The smallest absolute Gasteiger partial charge is 0.133 e. The Bertz CT molecular complexity index is 604. The highest BCUT2D eigenvalue weighted by Gasteiger charge is 2.15. The molecule has 5 heteroatoms. The highest BCUT2D eigenvalue weighted by molar-refractivity contribution is 9.10. The molecule has 0 saturated carbocycles. The van der Waals surface area contributed by atoms with Crippen molar-refractivity contribution >= 4 is 27.5 Å². The minimum Gasteiger partial charge on any atom is -0.496 e. The fourth-order valence-corrected chi connectivity index (χ4v) is 2.58. The van der Waals surface area contributed by atoms with Crippen LogP contribution < -0.4 is 4.74 Å². The van der Waals surface area contributed by atoms with E-state index in [9.17, 15) is 9.50 Å². The van der Waals surface area contributed by atoms with Gasteiger partial charge in [-0.2, -0.15) is 0 Å². The second-order valence-corrected chi connectivity index (χ2v) is 5.22. The molecule has 1 N–H and O–H groups in total. The highest BCUT2D eigenvalue weighted by Crippen LogP contribution is 2.33. The number of rotatable bonds is 3. The van der Waals surface area contributed by atoms with Gasteiger partial charge in [-0.25, -0.2) is 4.39 Å². The Morgan fingerprint density at radius 2 is 2.00 bits per heavy atom. The summed E-state index contributed by atoms with van der Waals surface area (Å²) < 4.78 is 18.8. The minimum absolute atomic E-state index is 0.194. The minimum atomic E-state index is -0.921. The van der Waals surface area contributed by atoms with E-state index in [4.69, 9.17) is 16.3 Å². The van der Waals surface area contributed by atoms with E-state index in [0.29, 0.717) is 16.9 Å². The van der Waals surface area contributed by atoms with Crippen LogP contribution in [0.25, 0.3) is 0 Å². The number of aliphatic hydroxyl groups excluding tert-OH is 1. The maximum Gasteiger partial charge on any atom is 0.133 e. The largest absolute Gasteiger partial charge is 0.496 e. The Kier molecular flexibility index (Phi) is 4.45. The van der Waals surface area contributed by atoms with Gasteiger partial charge in [-0.15, -0.1) is 0 Å². The standard InChI is InChI=1S/C14H11BrClFO2/c1-19-13-5-2-8(6-11(13)15)14(18)10-4-3-9(17)7-12(10)16/h2-7,14,18H,1H3. The molecule has 1 atom stereocenters. The number of aliphatic hydroxyl groups is 1. The first kappa shape index (κ1) is 14.3. The zero-order valence-corrected chi connectivity index (χ0v) is 12.4. The molecule has 0 fully saturated rings. The van der Waals surface area contributed by atoms with Gasteiger partial charge in [0.1, 0.15) is 17.7 Å². The molecular formula is C14H11BrClFO2. The van der Waals surface area contributed by atoms with Crippen molar-refractivity contribution in [2.24, 2.45) is 0 Å². The van der Waals surface area contributed by atoms with E-state index in [1.54, 1.807) is 25.3 Å². The summed E-state index contributed by atoms with van der Waals surface area (Å²) in [7, 11) is 1.56. The summed E-state index contributed by atoms with van der Waals surface area (Å²) >= 11 is 9.29. The number of ether oxygens (including phenoxy) is 1. The van der Waals surface area contributed by atoms with Crippen molar-refractivity contribution in [3.05, 3.63) is 62.8 Å². The lowest BCUT2D eigenvalue weighted by Gasteiger charge is -2.14. The summed E-state index contributed by atoms with van der Waals surface area (Å²) in [6, 6.07) is 9.12. The number of hydrogen-bond acceptors (Lipinski definition) is 2. The summed E-state index contributed by atoms with van der Waals surface area (Å²) in [6.45, 7) is 0. The van der Waals surface area contributed by atoms with Gasteiger partial charge in [0.05, 0.1) is 11.6 Å². The fraction of sp³-hybridized carbons (Fsp3) is 0.143. The van der Waals surface area contributed by atoms with Crippen LogP contribution in [0.4, 0.5) is 4.39 Å². The van der Waals surface area contributed by atoms with Crippen molar-refractivity contribution < 1.29 is 14.2 Å². The topological polar surface area (TPSA) is 29.5 Å². The SMILES string of the molecule is COc1ccc(C(O)c2ccc(F)cc2Cl)cc1Br. The molecular weight excluding hydrogens is 335 g/mol. The monoisotopic (exact) mass is 344 g/mol. The average molecular weight is 346 g/mol. The van der Waals surface area contributed by atoms with Crippen molar-refractivity contribution in [2.45, 2.75) is 6.10 Å². The van der Waals surface area contributed by atoms with Crippen molar-refractivity contribution in [1.82, 2.24) is 0 Å². The molecule has 0 saturated heterocycles. The van der Waals surface area contributed by atoms with Crippen LogP contribution in [0.1, 0.15) is 17.2 Å². The van der Waals surface area contributed by atoms with E-state index >= 15 is 0 Å². The molecule has 2 aromatic rings. The van der Waals surface area contributed by atoms with Crippen molar-refractivity contribution in [2.75, 3.05) is 7.11 Å². The van der Waals surface area contributed by atoms with E-state index in [1.807, 2.05) is 0 Å². The van der Waals surface area contributed by atoms with E-state index in [-0.39, 0.29) is 5.02 Å². The zero-order chi connectivity index (χ0) is 14.0. The first-order valence-electron chi connectivity index (χ1n) is 5.49. The molecule has 0 bridgehead atoms. The Labute approximate surface area is 123 Å². The Morgan fingerprint density at radius 1 is 1.26 bits per heavy atom. The molecule has 0 amide bonds. The predicted octanol–water partition coefficient (Wildman–Crippen LogP) is 4.33. The number of benzene rings is 2. The van der Waals surface area contributed by atoms with E-state index in [2.05, 4.69) is 15.9 Å². The average Bonchev–Trinajstić information content (AvgIpc) is 2.38. The number of hydrogen-bond donors (Lipinski definition) is 1. The number of halogens is 3. The molecule has 0 aliphatic heterocycles. The first-order chi connectivity index (χ1) is 9.02. The van der Waals surface area contributed by atoms with Crippen LogP contribution in [0, 0.1) is 5.82 Å². The summed E-state index contributed by atoms with van der Waals surface area (Å²) in [5.74, 6) is 0.234. The summed E-state index contributed by atoms with van der Waals surface area (Å²) in [5, 5.41) is 10.5. The highest BCUT2D eigenvalue weighted by atomic mass is 79.9.